The number of rotatable bonds is 6. The van der Waals surface area contributed by atoms with Crippen molar-refractivity contribution in [3.8, 4) is 0 Å². The first-order valence-corrected chi connectivity index (χ1v) is 14.3. The van der Waals surface area contributed by atoms with Gasteiger partial charge in [0.25, 0.3) is 0 Å². The topological polar surface area (TPSA) is 79.2 Å². The highest BCUT2D eigenvalue weighted by Crippen LogP contribution is 2.83. The highest BCUT2D eigenvalue weighted by Gasteiger charge is 2.86. The number of hydrogen-bond donors (Lipinski definition) is 1. The van der Waals surface area contributed by atoms with Crippen LogP contribution in [-0.4, -0.2) is 40.7 Å². The number of aldehydes is 1. The lowest BCUT2D eigenvalue weighted by atomic mass is 9.41. The highest BCUT2D eigenvalue weighted by atomic mass is 16.7. The predicted octanol–water partition coefficient (Wildman–Crippen LogP) is 5.15. The Labute approximate surface area is 219 Å². The van der Waals surface area contributed by atoms with E-state index in [1.165, 1.54) is 5.56 Å². The van der Waals surface area contributed by atoms with Gasteiger partial charge in [-0.05, 0) is 60.8 Å². The molecule has 37 heavy (non-hydrogen) atoms. The number of carboxylic acid groups (broad SMARTS) is 1. The maximum Gasteiger partial charge on any atom is 0.315 e. The summed E-state index contributed by atoms with van der Waals surface area (Å²) in [6.07, 6.45) is 7.58. The van der Waals surface area contributed by atoms with E-state index in [1.54, 1.807) is 0 Å². The summed E-state index contributed by atoms with van der Waals surface area (Å²) >= 11 is 0. The fourth-order valence-corrected chi connectivity index (χ4v) is 10.5. The molecule has 4 aliphatic carbocycles. The van der Waals surface area contributed by atoms with E-state index in [1.807, 2.05) is 6.07 Å². The van der Waals surface area contributed by atoms with Gasteiger partial charge in [-0.15, -0.1) is 0 Å². The van der Waals surface area contributed by atoms with Crippen molar-refractivity contribution < 1.29 is 19.5 Å². The smallest absolute Gasteiger partial charge is 0.315 e. The van der Waals surface area contributed by atoms with Gasteiger partial charge < -0.3 is 14.7 Å². The Morgan fingerprint density at radius 1 is 1.22 bits per heavy atom. The first kappa shape index (κ1) is 23.6. The normalized spacial score (nSPS) is 45.4. The van der Waals surface area contributed by atoms with Crippen LogP contribution in [0, 0.1) is 51.8 Å². The predicted molar refractivity (Wildman–Crippen MR) is 139 cm³/mol. The standard InChI is InChI=1S/C31H38N2O4/c1-18(2)25-13-21-14-29(17-34)24-10-9-19(3)23(24)15-30(21,31(25,29)28(35)36)26-22-11-12-33(27(22)37-32-26)16-20-7-5-4-6-8-20/h4-8,13,17-19,21-24,27H,9-12,14-16H2,1-3H3,(H,35,36)/t19-,21?,22?,23-,24-,27?,29?,30?,31+/m1/s1. The number of hydrogen-bond acceptors (Lipinski definition) is 5. The van der Waals surface area contributed by atoms with E-state index >= 15 is 0 Å². The van der Waals surface area contributed by atoms with Gasteiger partial charge in [-0.2, -0.15) is 0 Å². The zero-order valence-electron chi connectivity index (χ0n) is 22.1. The number of nitrogens with zero attached hydrogens (tertiary/aromatic N) is 2. The second-order valence-corrected chi connectivity index (χ2v) is 13.1. The summed E-state index contributed by atoms with van der Waals surface area (Å²) < 4.78 is 0. The van der Waals surface area contributed by atoms with Crippen LogP contribution in [0.1, 0.15) is 58.4 Å². The van der Waals surface area contributed by atoms with Crippen molar-refractivity contribution in [2.75, 3.05) is 6.54 Å². The fourth-order valence-electron chi connectivity index (χ4n) is 10.5. The van der Waals surface area contributed by atoms with Crippen LogP contribution in [0.2, 0.25) is 0 Å². The number of benzene rings is 1. The minimum atomic E-state index is -1.23. The van der Waals surface area contributed by atoms with E-state index < -0.39 is 22.2 Å². The van der Waals surface area contributed by atoms with Gasteiger partial charge in [0.1, 0.15) is 11.7 Å². The molecule has 6 heteroatoms. The number of oxime groups is 1. The van der Waals surface area contributed by atoms with E-state index in [9.17, 15) is 14.7 Å². The van der Waals surface area contributed by atoms with Gasteiger partial charge in [0.05, 0.1) is 17.0 Å². The van der Waals surface area contributed by atoms with E-state index in [0.29, 0.717) is 18.3 Å². The average Bonchev–Trinajstić information content (AvgIpc) is 3.66. The molecule has 2 aliphatic heterocycles. The molecule has 7 rings (SSSR count). The second-order valence-electron chi connectivity index (χ2n) is 13.1. The van der Waals surface area contributed by atoms with Gasteiger partial charge in [0.15, 0.2) is 6.23 Å². The fraction of sp³-hybridized carbons (Fsp3) is 0.645. The van der Waals surface area contributed by atoms with Crippen LogP contribution >= 0.6 is 0 Å². The van der Waals surface area contributed by atoms with Gasteiger partial charge in [0.2, 0.25) is 0 Å². The quantitative estimate of drug-likeness (QED) is 0.430. The molecule has 6 nitrogen and oxygen atoms in total. The molecule has 2 heterocycles. The minimum absolute atomic E-state index is 0.0215. The van der Waals surface area contributed by atoms with E-state index in [0.717, 1.165) is 56.3 Å². The first-order chi connectivity index (χ1) is 17.8. The van der Waals surface area contributed by atoms with E-state index in [4.69, 9.17) is 9.99 Å². The lowest BCUT2D eigenvalue weighted by Crippen LogP contribution is -2.65. The molecule has 1 saturated heterocycles. The first-order valence-electron chi connectivity index (χ1n) is 14.3. The van der Waals surface area contributed by atoms with Crippen LogP contribution in [0.5, 0.6) is 0 Å². The zero-order valence-corrected chi connectivity index (χ0v) is 22.1. The molecule has 3 saturated carbocycles. The Morgan fingerprint density at radius 2 is 2.00 bits per heavy atom. The summed E-state index contributed by atoms with van der Waals surface area (Å²) in [6, 6.07) is 10.4. The minimum Gasteiger partial charge on any atom is -0.481 e. The monoisotopic (exact) mass is 502 g/mol. The molecular formula is C31H38N2O4. The number of fused-ring (bicyclic) bond motifs is 3. The lowest BCUT2D eigenvalue weighted by molar-refractivity contribution is -0.173. The van der Waals surface area contributed by atoms with Crippen molar-refractivity contribution in [3.05, 3.63) is 47.5 Å². The largest absolute Gasteiger partial charge is 0.481 e. The Bertz CT molecular complexity index is 1210. The summed E-state index contributed by atoms with van der Waals surface area (Å²) in [6.45, 7) is 8.19. The summed E-state index contributed by atoms with van der Waals surface area (Å²) in [5.41, 5.74) is 0.386. The molecule has 1 aromatic rings. The van der Waals surface area contributed by atoms with Crippen molar-refractivity contribution in [2.24, 2.45) is 56.9 Å². The van der Waals surface area contributed by atoms with E-state index in [-0.39, 0.29) is 29.9 Å². The molecule has 1 aromatic carbocycles. The maximum atomic E-state index is 13.8. The molecule has 4 bridgehead atoms. The van der Waals surface area contributed by atoms with Gasteiger partial charge in [0, 0.05) is 18.5 Å². The zero-order chi connectivity index (χ0) is 25.7. The number of carbonyl (C=O) groups is 2. The van der Waals surface area contributed by atoms with Gasteiger partial charge >= 0.3 is 5.97 Å². The van der Waals surface area contributed by atoms with Crippen molar-refractivity contribution in [1.29, 1.82) is 0 Å². The SMILES string of the molecule is CC(C)C1=CC2CC3(C=O)[C@@H]4CC[C@@H](C)[C@H]4CC2(C2=NOC4C2CCN4Cc2ccccc2)[C@]13C(=O)O. The summed E-state index contributed by atoms with van der Waals surface area (Å²) in [5.74, 6) is 0.315. The van der Waals surface area contributed by atoms with Crippen LogP contribution in [-0.2, 0) is 21.0 Å². The number of aliphatic carboxylic acids is 1. The maximum absolute atomic E-state index is 13.8. The molecule has 0 aromatic heterocycles. The van der Waals surface area contributed by atoms with Gasteiger partial charge in [-0.3, -0.25) is 9.69 Å². The third kappa shape index (κ3) is 2.59. The van der Waals surface area contributed by atoms with Crippen LogP contribution in [0.25, 0.3) is 0 Å². The van der Waals surface area contributed by atoms with Crippen LogP contribution in [0.15, 0.2) is 47.1 Å². The Morgan fingerprint density at radius 3 is 2.70 bits per heavy atom. The van der Waals surface area contributed by atoms with Crippen molar-refractivity contribution in [1.82, 2.24) is 4.90 Å². The third-order valence-electron chi connectivity index (χ3n) is 11.7. The third-order valence-corrected chi connectivity index (χ3v) is 11.7. The van der Waals surface area contributed by atoms with E-state index in [2.05, 4.69) is 56.0 Å². The molecule has 6 aliphatic rings. The molecule has 0 spiro atoms. The highest BCUT2D eigenvalue weighted by molar-refractivity contribution is 6.04. The summed E-state index contributed by atoms with van der Waals surface area (Å²) in [7, 11) is 0. The molecule has 0 radical (unpaired) electrons. The number of allylic oxidation sites excluding steroid dienone is 1. The van der Waals surface area contributed by atoms with Gasteiger partial charge in [-0.1, -0.05) is 74.3 Å². The van der Waals surface area contributed by atoms with Crippen LogP contribution in [0.4, 0.5) is 0 Å². The molecule has 0 amide bonds. The molecule has 9 atom stereocenters. The Balaban J connectivity index is 1.35. The lowest BCUT2D eigenvalue weighted by Gasteiger charge is -2.58. The number of likely N-dealkylation sites (tertiary alicyclic amines) is 1. The molecular weight excluding hydrogens is 464 g/mol. The van der Waals surface area contributed by atoms with Crippen molar-refractivity contribution in [3.63, 3.8) is 0 Å². The summed E-state index contributed by atoms with van der Waals surface area (Å²) in [4.78, 5) is 35.7. The average molecular weight is 503 g/mol. The second kappa shape index (κ2) is 7.78. The van der Waals surface area contributed by atoms with Crippen molar-refractivity contribution in [2.45, 2.75) is 65.6 Å². The molecule has 196 valence electrons. The molecule has 1 N–H and O–H groups in total. The molecule has 4 fully saturated rings. The Hall–Kier alpha value is -2.47. The Kier molecular flexibility index (Phi) is 4.97. The van der Waals surface area contributed by atoms with Crippen LogP contribution in [0.3, 0.4) is 0 Å². The van der Waals surface area contributed by atoms with Crippen LogP contribution < -0.4 is 0 Å². The van der Waals surface area contributed by atoms with Gasteiger partial charge in [-0.25, -0.2) is 0 Å². The van der Waals surface area contributed by atoms with Crippen molar-refractivity contribution >= 4 is 18.0 Å². The number of carboxylic acids is 1. The summed E-state index contributed by atoms with van der Waals surface area (Å²) in [5, 5.41) is 16.1. The number of carbonyl (C=O) groups excluding carboxylic acids is 1. The molecule has 5 unspecified atom stereocenters.